The topological polar surface area (TPSA) is 107 Å². The second-order valence-electron chi connectivity index (χ2n) is 4.52. The molecule has 0 aliphatic rings. The lowest BCUT2D eigenvalue weighted by atomic mass is 10.3. The summed E-state index contributed by atoms with van der Waals surface area (Å²) in [4.78, 5) is 34.9. The fourth-order valence-corrected chi connectivity index (χ4v) is 2.87. The number of thiophene rings is 1. The van der Waals surface area contributed by atoms with Crippen LogP contribution in [0.3, 0.4) is 0 Å². The molecule has 0 bridgehead atoms. The number of hydrogen-bond donors (Lipinski definition) is 2. The number of rotatable bonds is 4. The molecule has 3 rings (SSSR count). The van der Waals surface area contributed by atoms with Gasteiger partial charge in [-0.05, 0) is 23.9 Å². The Balaban J connectivity index is 2.37. The second-order valence-corrected chi connectivity index (χ2v) is 5.44. The summed E-state index contributed by atoms with van der Waals surface area (Å²) in [5, 5.41) is 2.59. The number of aryl methyl sites for hydroxylation is 1. The summed E-state index contributed by atoms with van der Waals surface area (Å²) >= 11 is 1.41. The third-order valence-corrected chi connectivity index (χ3v) is 3.87. The van der Waals surface area contributed by atoms with Gasteiger partial charge in [-0.1, -0.05) is 6.92 Å². The molecule has 0 fully saturated rings. The maximum Gasteiger partial charge on any atom is 0.333 e. The first-order valence-electron chi connectivity index (χ1n) is 6.47. The summed E-state index contributed by atoms with van der Waals surface area (Å²) in [6, 6.07) is 3.65. The first-order valence-corrected chi connectivity index (χ1v) is 7.35. The number of hydrogen-bond acceptors (Lipinski definition) is 5. The van der Waals surface area contributed by atoms with Gasteiger partial charge >= 0.3 is 5.69 Å². The normalized spacial score (nSPS) is 11.1. The van der Waals surface area contributed by atoms with Crippen LogP contribution >= 0.6 is 11.3 Å². The van der Waals surface area contributed by atoms with Gasteiger partial charge in [-0.2, -0.15) is 0 Å². The monoisotopic (exact) mass is 303 g/mol. The fraction of sp³-hybridized carbons (Fsp3) is 0.231. The molecule has 0 saturated heterocycles. The highest BCUT2D eigenvalue weighted by Crippen LogP contribution is 2.20. The summed E-state index contributed by atoms with van der Waals surface area (Å²) in [6.07, 6.45) is 1.44. The molecule has 0 aromatic carbocycles. The molecule has 7 nitrogen and oxygen atoms in total. The van der Waals surface area contributed by atoms with Crippen LogP contribution in [0.25, 0.3) is 16.2 Å². The van der Waals surface area contributed by atoms with Crippen molar-refractivity contribution in [1.82, 2.24) is 19.5 Å². The average molecular weight is 303 g/mol. The first kappa shape index (κ1) is 13.5. The number of nitrogens with one attached hydrogen (secondary N) is 1. The second kappa shape index (κ2) is 5.13. The van der Waals surface area contributed by atoms with E-state index < -0.39 is 5.91 Å². The van der Waals surface area contributed by atoms with Crippen molar-refractivity contribution in [3.05, 3.63) is 39.5 Å². The van der Waals surface area contributed by atoms with Crippen LogP contribution in [-0.4, -0.2) is 25.4 Å². The predicted octanol–water partition coefficient (Wildman–Crippen LogP) is 1.22. The van der Waals surface area contributed by atoms with Crippen LogP contribution in [0.1, 0.15) is 29.7 Å². The molecule has 3 aromatic rings. The predicted molar refractivity (Wildman–Crippen MR) is 79.9 cm³/mol. The van der Waals surface area contributed by atoms with E-state index in [-0.39, 0.29) is 16.9 Å². The molecular formula is C13H13N5O2S. The van der Waals surface area contributed by atoms with Crippen molar-refractivity contribution < 1.29 is 4.79 Å². The van der Waals surface area contributed by atoms with E-state index in [0.29, 0.717) is 17.9 Å². The largest absolute Gasteiger partial charge is 0.364 e. The number of aromatic nitrogens is 4. The number of fused-ring (bicyclic) bond motifs is 1. The van der Waals surface area contributed by atoms with Gasteiger partial charge < -0.3 is 10.7 Å². The Bertz CT molecular complexity index is 863. The van der Waals surface area contributed by atoms with Crippen LogP contribution in [0.2, 0.25) is 0 Å². The summed E-state index contributed by atoms with van der Waals surface area (Å²) < 4.78 is 1.44. The van der Waals surface area contributed by atoms with E-state index in [1.807, 2.05) is 24.4 Å². The van der Waals surface area contributed by atoms with E-state index in [1.165, 1.54) is 15.9 Å². The highest BCUT2D eigenvalue weighted by Gasteiger charge is 2.19. The molecule has 8 heteroatoms. The molecule has 3 aromatic heterocycles. The van der Waals surface area contributed by atoms with Crippen LogP contribution < -0.4 is 11.4 Å². The van der Waals surface area contributed by atoms with E-state index in [0.717, 1.165) is 11.4 Å². The number of carbonyl (C=O) groups excluding carboxylic acids is 1. The zero-order valence-corrected chi connectivity index (χ0v) is 12.1. The minimum Gasteiger partial charge on any atom is -0.364 e. The molecule has 3 N–H and O–H groups in total. The lowest BCUT2D eigenvalue weighted by Crippen LogP contribution is -2.16. The maximum atomic E-state index is 12.2. The Morgan fingerprint density at radius 2 is 2.29 bits per heavy atom. The lowest BCUT2D eigenvalue weighted by Gasteiger charge is -2.04. The van der Waals surface area contributed by atoms with Crippen molar-refractivity contribution in [2.45, 2.75) is 19.8 Å². The van der Waals surface area contributed by atoms with Gasteiger partial charge in [0.2, 0.25) is 0 Å². The van der Waals surface area contributed by atoms with Gasteiger partial charge in [-0.15, -0.1) is 11.3 Å². The van der Waals surface area contributed by atoms with Gasteiger partial charge in [-0.25, -0.2) is 19.3 Å². The van der Waals surface area contributed by atoms with Crippen molar-refractivity contribution in [3.63, 3.8) is 0 Å². The van der Waals surface area contributed by atoms with Gasteiger partial charge in [0.25, 0.3) is 5.91 Å². The van der Waals surface area contributed by atoms with Gasteiger partial charge in [0.1, 0.15) is 16.3 Å². The minimum absolute atomic E-state index is 0.0517. The van der Waals surface area contributed by atoms with E-state index in [4.69, 9.17) is 5.73 Å². The molecule has 0 atom stereocenters. The van der Waals surface area contributed by atoms with Gasteiger partial charge in [0.15, 0.2) is 11.3 Å². The molecule has 0 aliphatic heterocycles. The van der Waals surface area contributed by atoms with Crippen LogP contribution in [0, 0.1) is 0 Å². The average Bonchev–Trinajstić information content (AvgIpc) is 3.04. The summed E-state index contributed by atoms with van der Waals surface area (Å²) in [7, 11) is 0. The minimum atomic E-state index is -0.681. The number of imidazole rings is 1. The van der Waals surface area contributed by atoms with Gasteiger partial charge in [0.05, 0.1) is 0 Å². The Kier molecular flexibility index (Phi) is 3.30. The van der Waals surface area contributed by atoms with Crippen LogP contribution in [-0.2, 0) is 6.42 Å². The van der Waals surface area contributed by atoms with E-state index in [9.17, 15) is 9.59 Å². The summed E-state index contributed by atoms with van der Waals surface area (Å²) in [5.74, 6) is -0.178. The van der Waals surface area contributed by atoms with Gasteiger partial charge in [-0.3, -0.25) is 4.79 Å². The maximum absolute atomic E-state index is 12.2. The smallest absolute Gasteiger partial charge is 0.333 e. The number of carbonyl (C=O) groups is 1. The molecule has 108 valence electrons. The third kappa shape index (κ3) is 2.23. The lowest BCUT2D eigenvalue weighted by molar-refractivity contribution is 0.0996. The molecule has 0 saturated carbocycles. The fourth-order valence-electron chi connectivity index (χ4n) is 2.15. The van der Waals surface area contributed by atoms with Crippen molar-refractivity contribution in [2.75, 3.05) is 0 Å². The molecule has 0 aliphatic carbocycles. The molecule has 0 unspecified atom stereocenters. The highest BCUT2D eigenvalue weighted by molar-refractivity contribution is 7.12. The Hall–Kier alpha value is -2.48. The van der Waals surface area contributed by atoms with Crippen LogP contribution in [0.15, 0.2) is 22.3 Å². The quantitative estimate of drug-likeness (QED) is 0.755. The molecular weight excluding hydrogens is 290 g/mol. The molecule has 0 spiro atoms. The zero-order chi connectivity index (χ0) is 15.0. The Labute approximate surface area is 123 Å². The summed E-state index contributed by atoms with van der Waals surface area (Å²) in [5.41, 5.74) is 5.72. The van der Waals surface area contributed by atoms with Crippen molar-refractivity contribution >= 4 is 28.4 Å². The Morgan fingerprint density at radius 1 is 1.48 bits per heavy atom. The van der Waals surface area contributed by atoms with Crippen molar-refractivity contribution in [2.24, 2.45) is 5.73 Å². The standard InChI is InChI=1S/C13H13N5O2S/c1-2-4-7-15-9(11(14)19)10-12(16-7)18(13(20)17-10)8-5-3-6-21-8/h3,5-6H,2,4H2,1H3,(H2,14,19)(H,17,20). The SMILES string of the molecule is CCCc1nc(C(N)=O)c2[nH]c(=O)n(-c3cccs3)c2n1. The van der Waals surface area contributed by atoms with Crippen molar-refractivity contribution in [1.29, 1.82) is 0 Å². The first-order chi connectivity index (χ1) is 10.1. The van der Waals surface area contributed by atoms with Crippen LogP contribution in [0.4, 0.5) is 0 Å². The molecule has 21 heavy (non-hydrogen) atoms. The molecule has 0 radical (unpaired) electrons. The number of amides is 1. The van der Waals surface area contributed by atoms with Crippen LogP contribution in [0.5, 0.6) is 0 Å². The number of aromatic amines is 1. The number of nitrogens with zero attached hydrogens (tertiary/aromatic N) is 3. The number of H-pyrrole nitrogens is 1. The van der Waals surface area contributed by atoms with E-state index >= 15 is 0 Å². The molecule has 3 heterocycles. The highest BCUT2D eigenvalue weighted by atomic mass is 32.1. The number of nitrogens with two attached hydrogens (primary N) is 1. The van der Waals surface area contributed by atoms with E-state index in [1.54, 1.807) is 0 Å². The van der Waals surface area contributed by atoms with Crippen molar-refractivity contribution in [3.8, 4) is 5.00 Å². The van der Waals surface area contributed by atoms with E-state index in [2.05, 4.69) is 15.0 Å². The third-order valence-electron chi connectivity index (χ3n) is 3.02. The Morgan fingerprint density at radius 3 is 2.90 bits per heavy atom. The zero-order valence-electron chi connectivity index (χ0n) is 11.3. The summed E-state index contributed by atoms with van der Waals surface area (Å²) in [6.45, 7) is 1.99. The molecule has 1 amide bonds. The van der Waals surface area contributed by atoms with Gasteiger partial charge in [0, 0.05) is 6.42 Å². The number of primary amides is 1.